The SMILES string of the molecule is Cc1ccc(S(=O)(=O)N(CC(=O)N[C@@H](Cc2ccccc2)C(=O)O)Cc2ccccc2)cc1. The van der Waals surface area contributed by atoms with Crippen LogP contribution in [-0.2, 0) is 32.6 Å². The van der Waals surface area contributed by atoms with Crippen LogP contribution in [0, 0.1) is 6.92 Å². The van der Waals surface area contributed by atoms with Crippen molar-refractivity contribution < 1.29 is 23.1 Å². The van der Waals surface area contributed by atoms with E-state index in [0.717, 1.165) is 15.4 Å². The summed E-state index contributed by atoms with van der Waals surface area (Å²) in [5, 5.41) is 12.0. The van der Waals surface area contributed by atoms with E-state index in [0.29, 0.717) is 5.56 Å². The van der Waals surface area contributed by atoms with Crippen LogP contribution in [0.25, 0.3) is 0 Å². The first-order valence-electron chi connectivity index (χ1n) is 10.4. The van der Waals surface area contributed by atoms with Gasteiger partial charge in [-0.2, -0.15) is 4.31 Å². The first kappa shape index (κ1) is 24.2. The van der Waals surface area contributed by atoms with Gasteiger partial charge in [0.05, 0.1) is 11.4 Å². The molecule has 0 aliphatic heterocycles. The molecule has 0 aliphatic carbocycles. The maximum atomic E-state index is 13.3. The molecule has 0 fully saturated rings. The number of aryl methyl sites for hydroxylation is 1. The normalized spacial score (nSPS) is 12.3. The zero-order chi connectivity index (χ0) is 23.8. The highest BCUT2D eigenvalue weighted by atomic mass is 32.2. The maximum absolute atomic E-state index is 13.3. The smallest absolute Gasteiger partial charge is 0.326 e. The molecule has 0 saturated heterocycles. The number of sulfonamides is 1. The van der Waals surface area contributed by atoms with Crippen LogP contribution < -0.4 is 5.32 Å². The average molecular weight is 467 g/mol. The molecular formula is C25H26N2O5S. The Hall–Kier alpha value is -3.49. The third-order valence-electron chi connectivity index (χ3n) is 5.10. The zero-order valence-corrected chi connectivity index (χ0v) is 19.0. The summed E-state index contributed by atoms with van der Waals surface area (Å²) >= 11 is 0. The van der Waals surface area contributed by atoms with E-state index >= 15 is 0 Å². The third-order valence-corrected chi connectivity index (χ3v) is 6.90. The number of carbonyl (C=O) groups is 2. The van der Waals surface area contributed by atoms with Gasteiger partial charge in [0, 0.05) is 13.0 Å². The van der Waals surface area contributed by atoms with Crippen molar-refractivity contribution in [2.45, 2.75) is 30.8 Å². The predicted molar refractivity (Wildman–Crippen MR) is 125 cm³/mol. The fourth-order valence-electron chi connectivity index (χ4n) is 3.32. The second-order valence-electron chi connectivity index (χ2n) is 7.72. The van der Waals surface area contributed by atoms with E-state index in [9.17, 15) is 23.1 Å². The van der Waals surface area contributed by atoms with Crippen LogP contribution >= 0.6 is 0 Å². The van der Waals surface area contributed by atoms with Crippen molar-refractivity contribution in [1.29, 1.82) is 0 Å². The predicted octanol–water partition coefficient (Wildman–Crippen LogP) is 3.00. The molecule has 3 aromatic rings. The number of carbonyl (C=O) groups excluding carboxylic acids is 1. The standard InChI is InChI=1S/C25H26N2O5S/c1-19-12-14-22(15-13-19)33(31,32)27(17-21-10-6-3-7-11-21)18-24(28)26-23(25(29)30)16-20-8-4-2-5-9-20/h2-15,23H,16-18H2,1H3,(H,26,28)(H,29,30)/t23-/m0/s1. The summed E-state index contributed by atoms with van der Waals surface area (Å²) in [5.74, 6) is -1.88. The molecule has 0 aliphatic rings. The quantitative estimate of drug-likeness (QED) is 0.478. The zero-order valence-electron chi connectivity index (χ0n) is 18.2. The third kappa shape index (κ3) is 6.74. The summed E-state index contributed by atoms with van der Waals surface area (Å²) in [5.41, 5.74) is 2.37. The molecule has 0 unspecified atom stereocenters. The summed E-state index contributed by atoms with van der Waals surface area (Å²) in [6.45, 7) is 1.31. The first-order chi connectivity index (χ1) is 15.8. The second kappa shape index (κ2) is 10.9. The molecule has 172 valence electrons. The van der Waals surface area contributed by atoms with Gasteiger partial charge in [0.2, 0.25) is 15.9 Å². The summed E-state index contributed by atoms with van der Waals surface area (Å²) in [6.07, 6.45) is 0.0886. The Bertz CT molecular complexity index is 1180. The van der Waals surface area contributed by atoms with Gasteiger partial charge >= 0.3 is 5.97 Å². The van der Waals surface area contributed by atoms with Gasteiger partial charge in [0.25, 0.3) is 0 Å². The topological polar surface area (TPSA) is 104 Å². The Balaban J connectivity index is 1.81. The number of nitrogens with zero attached hydrogens (tertiary/aromatic N) is 1. The highest BCUT2D eigenvalue weighted by Gasteiger charge is 2.29. The van der Waals surface area contributed by atoms with Crippen LogP contribution in [0.4, 0.5) is 0 Å². The highest BCUT2D eigenvalue weighted by Crippen LogP contribution is 2.19. The number of carboxylic acid groups (broad SMARTS) is 1. The van der Waals surface area contributed by atoms with Gasteiger partial charge in [0.1, 0.15) is 6.04 Å². The van der Waals surface area contributed by atoms with Gasteiger partial charge in [0.15, 0.2) is 0 Å². The van der Waals surface area contributed by atoms with Gasteiger partial charge in [-0.1, -0.05) is 78.4 Å². The van der Waals surface area contributed by atoms with Gasteiger partial charge in [-0.25, -0.2) is 13.2 Å². The fraction of sp³-hybridized carbons (Fsp3) is 0.200. The van der Waals surface area contributed by atoms with Crippen molar-refractivity contribution in [3.05, 3.63) is 102 Å². The number of hydrogen-bond donors (Lipinski definition) is 2. The molecule has 2 N–H and O–H groups in total. The molecule has 0 spiro atoms. The number of amides is 1. The Morgan fingerprint density at radius 1 is 0.879 bits per heavy atom. The second-order valence-corrected chi connectivity index (χ2v) is 9.66. The summed E-state index contributed by atoms with van der Waals surface area (Å²) in [7, 11) is -4.00. The van der Waals surface area contributed by atoms with E-state index < -0.39 is 34.5 Å². The van der Waals surface area contributed by atoms with Crippen LogP contribution in [0.1, 0.15) is 16.7 Å². The van der Waals surface area contributed by atoms with Crippen molar-refractivity contribution >= 4 is 21.9 Å². The molecule has 1 amide bonds. The molecular weight excluding hydrogens is 440 g/mol. The van der Waals surface area contributed by atoms with Crippen LogP contribution in [0.3, 0.4) is 0 Å². The summed E-state index contributed by atoms with van der Waals surface area (Å²) < 4.78 is 27.7. The lowest BCUT2D eigenvalue weighted by Crippen LogP contribution is -2.47. The number of rotatable bonds is 10. The van der Waals surface area contributed by atoms with Crippen molar-refractivity contribution in [1.82, 2.24) is 9.62 Å². The Labute approximate surface area is 193 Å². The minimum atomic E-state index is -4.00. The van der Waals surface area contributed by atoms with E-state index in [1.807, 2.05) is 19.1 Å². The van der Waals surface area contributed by atoms with Gasteiger partial charge in [-0.15, -0.1) is 0 Å². The van der Waals surface area contributed by atoms with Crippen molar-refractivity contribution in [2.24, 2.45) is 0 Å². The molecule has 0 bridgehead atoms. The van der Waals surface area contributed by atoms with Crippen molar-refractivity contribution in [3.8, 4) is 0 Å². The number of carboxylic acids is 1. The van der Waals surface area contributed by atoms with E-state index in [-0.39, 0.29) is 17.9 Å². The van der Waals surface area contributed by atoms with E-state index in [1.165, 1.54) is 12.1 Å². The van der Waals surface area contributed by atoms with Crippen molar-refractivity contribution in [3.63, 3.8) is 0 Å². The molecule has 1 atom stereocenters. The van der Waals surface area contributed by atoms with Crippen LogP contribution in [-0.4, -0.2) is 42.3 Å². The minimum Gasteiger partial charge on any atom is -0.480 e. The van der Waals surface area contributed by atoms with E-state index in [1.54, 1.807) is 60.7 Å². The molecule has 0 saturated carbocycles. The van der Waals surface area contributed by atoms with Crippen LogP contribution in [0.5, 0.6) is 0 Å². The molecule has 0 radical (unpaired) electrons. The number of nitrogens with one attached hydrogen (secondary N) is 1. The van der Waals surface area contributed by atoms with Crippen molar-refractivity contribution in [2.75, 3.05) is 6.54 Å². The molecule has 7 nitrogen and oxygen atoms in total. The van der Waals surface area contributed by atoms with Gasteiger partial charge < -0.3 is 10.4 Å². The molecule has 3 aromatic carbocycles. The first-order valence-corrected chi connectivity index (χ1v) is 11.9. The molecule has 0 heterocycles. The monoisotopic (exact) mass is 466 g/mol. The molecule has 3 rings (SSSR count). The maximum Gasteiger partial charge on any atom is 0.326 e. The molecule has 0 aromatic heterocycles. The van der Waals surface area contributed by atoms with Gasteiger partial charge in [-0.3, -0.25) is 4.79 Å². The van der Waals surface area contributed by atoms with Crippen LogP contribution in [0.15, 0.2) is 89.8 Å². The van der Waals surface area contributed by atoms with Gasteiger partial charge in [-0.05, 0) is 30.2 Å². The Kier molecular flexibility index (Phi) is 7.97. The highest BCUT2D eigenvalue weighted by molar-refractivity contribution is 7.89. The number of hydrogen-bond acceptors (Lipinski definition) is 4. The lowest BCUT2D eigenvalue weighted by molar-refractivity contribution is -0.141. The Morgan fingerprint density at radius 3 is 1.97 bits per heavy atom. The lowest BCUT2D eigenvalue weighted by Gasteiger charge is -2.23. The molecule has 33 heavy (non-hydrogen) atoms. The number of aliphatic carboxylic acids is 1. The number of benzene rings is 3. The average Bonchev–Trinajstić information content (AvgIpc) is 2.80. The largest absolute Gasteiger partial charge is 0.480 e. The van der Waals surface area contributed by atoms with E-state index in [4.69, 9.17) is 0 Å². The van der Waals surface area contributed by atoms with Crippen LogP contribution in [0.2, 0.25) is 0 Å². The Morgan fingerprint density at radius 2 is 1.42 bits per heavy atom. The lowest BCUT2D eigenvalue weighted by atomic mass is 10.1. The summed E-state index contributed by atoms with van der Waals surface area (Å²) in [4.78, 5) is 24.6. The minimum absolute atomic E-state index is 0.0269. The molecule has 8 heteroatoms. The van der Waals surface area contributed by atoms with E-state index in [2.05, 4.69) is 5.32 Å². The summed E-state index contributed by atoms with van der Waals surface area (Å²) in [6, 6.07) is 23.0. The fourth-order valence-corrected chi connectivity index (χ4v) is 4.71.